The molecule has 0 N–H and O–H groups in total. The summed E-state index contributed by atoms with van der Waals surface area (Å²) >= 11 is 3.45. The molecule has 5 heteroatoms. The van der Waals surface area contributed by atoms with Gasteiger partial charge in [0.2, 0.25) is 0 Å². The molecule has 2 aromatic heterocycles. The van der Waals surface area contributed by atoms with Crippen LogP contribution in [0.4, 0.5) is 0 Å². The van der Waals surface area contributed by atoms with E-state index in [1.54, 1.807) is 18.2 Å². The molecule has 1 amide bonds. The molecule has 0 bridgehead atoms. The standard InChI is InChI=1S/C14H15BrN2O2/c1-16(9-12-3-2-6-19-12)14(18)13-7-10(15)8-17(13)11-4-5-11/h2-3,6-8,11H,4-5,9H2,1H3. The number of carbonyl (C=O) groups excluding carboxylic acids is 1. The second-order valence-corrected chi connectivity index (χ2v) is 5.84. The second-order valence-electron chi connectivity index (χ2n) is 4.92. The maximum Gasteiger partial charge on any atom is 0.270 e. The highest BCUT2D eigenvalue weighted by Gasteiger charge is 2.28. The van der Waals surface area contributed by atoms with Gasteiger partial charge in [0.15, 0.2) is 0 Å². The minimum Gasteiger partial charge on any atom is -0.467 e. The minimum atomic E-state index is 0.0222. The molecule has 2 heterocycles. The Morgan fingerprint density at radius 3 is 3.00 bits per heavy atom. The molecular formula is C14H15BrN2O2. The Balaban J connectivity index is 1.79. The van der Waals surface area contributed by atoms with Gasteiger partial charge in [-0.2, -0.15) is 0 Å². The van der Waals surface area contributed by atoms with Crippen molar-refractivity contribution in [2.45, 2.75) is 25.4 Å². The molecule has 2 aromatic rings. The summed E-state index contributed by atoms with van der Waals surface area (Å²) in [4.78, 5) is 14.2. The first-order valence-corrected chi connectivity index (χ1v) is 7.09. The Hall–Kier alpha value is -1.49. The van der Waals surface area contributed by atoms with E-state index in [1.165, 1.54) is 0 Å². The Bertz CT molecular complexity index is 585. The van der Waals surface area contributed by atoms with Gasteiger partial charge in [0, 0.05) is 23.8 Å². The molecule has 19 heavy (non-hydrogen) atoms. The van der Waals surface area contributed by atoms with Gasteiger partial charge in [0.05, 0.1) is 12.8 Å². The van der Waals surface area contributed by atoms with Crippen LogP contribution in [0.1, 0.15) is 35.1 Å². The normalized spacial score (nSPS) is 14.6. The van der Waals surface area contributed by atoms with Crippen LogP contribution in [0.5, 0.6) is 0 Å². The lowest BCUT2D eigenvalue weighted by atomic mass is 10.3. The lowest BCUT2D eigenvalue weighted by Crippen LogP contribution is -2.27. The average Bonchev–Trinajstić information content (AvgIpc) is 2.97. The fourth-order valence-corrected chi connectivity index (χ4v) is 2.61. The molecule has 0 saturated heterocycles. The molecule has 1 aliphatic rings. The maximum absolute atomic E-state index is 12.5. The van der Waals surface area contributed by atoms with Crippen LogP contribution >= 0.6 is 15.9 Å². The van der Waals surface area contributed by atoms with Crippen molar-refractivity contribution in [2.75, 3.05) is 7.05 Å². The van der Waals surface area contributed by atoms with E-state index < -0.39 is 0 Å². The molecule has 100 valence electrons. The number of amides is 1. The van der Waals surface area contributed by atoms with Crippen molar-refractivity contribution in [3.05, 3.63) is 46.6 Å². The van der Waals surface area contributed by atoms with Gasteiger partial charge in [0.25, 0.3) is 5.91 Å². The topological polar surface area (TPSA) is 38.4 Å². The third-order valence-corrected chi connectivity index (χ3v) is 3.73. The van der Waals surface area contributed by atoms with Gasteiger partial charge >= 0.3 is 0 Å². The van der Waals surface area contributed by atoms with E-state index in [0.29, 0.717) is 12.6 Å². The van der Waals surface area contributed by atoms with E-state index in [9.17, 15) is 4.79 Å². The highest BCUT2D eigenvalue weighted by molar-refractivity contribution is 9.10. The van der Waals surface area contributed by atoms with Crippen molar-refractivity contribution >= 4 is 21.8 Å². The number of halogens is 1. The Morgan fingerprint density at radius 2 is 2.37 bits per heavy atom. The number of rotatable bonds is 4. The van der Waals surface area contributed by atoms with Crippen LogP contribution in [0.3, 0.4) is 0 Å². The number of nitrogens with zero attached hydrogens (tertiary/aromatic N) is 2. The molecule has 0 spiro atoms. The summed E-state index contributed by atoms with van der Waals surface area (Å²) in [5.41, 5.74) is 0.739. The molecule has 4 nitrogen and oxygen atoms in total. The number of hydrogen-bond acceptors (Lipinski definition) is 2. The van der Waals surface area contributed by atoms with Crippen molar-refractivity contribution in [3.8, 4) is 0 Å². The van der Waals surface area contributed by atoms with Gasteiger partial charge in [-0.15, -0.1) is 0 Å². The van der Waals surface area contributed by atoms with Crippen molar-refractivity contribution in [3.63, 3.8) is 0 Å². The predicted octanol–water partition coefficient (Wildman–Crippen LogP) is 3.45. The first-order chi connectivity index (χ1) is 9.15. The second kappa shape index (κ2) is 4.89. The molecule has 0 atom stereocenters. The highest BCUT2D eigenvalue weighted by atomic mass is 79.9. The van der Waals surface area contributed by atoms with E-state index in [4.69, 9.17) is 4.42 Å². The van der Waals surface area contributed by atoms with Crippen molar-refractivity contribution < 1.29 is 9.21 Å². The van der Waals surface area contributed by atoms with Gasteiger partial charge in [-0.1, -0.05) is 0 Å². The number of hydrogen-bond donors (Lipinski definition) is 0. The lowest BCUT2D eigenvalue weighted by Gasteiger charge is -2.17. The molecule has 1 fully saturated rings. The summed E-state index contributed by atoms with van der Waals surface area (Å²) in [5, 5.41) is 0. The number of carbonyl (C=O) groups is 1. The average molecular weight is 323 g/mol. The van der Waals surface area contributed by atoms with Gasteiger partial charge in [-0.25, -0.2) is 0 Å². The van der Waals surface area contributed by atoms with Gasteiger partial charge in [0.1, 0.15) is 11.5 Å². The molecule has 1 aliphatic carbocycles. The summed E-state index contributed by atoms with van der Waals surface area (Å²) in [7, 11) is 1.79. The molecule has 1 saturated carbocycles. The zero-order valence-electron chi connectivity index (χ0n) is 10.7. The third-order valence-electron chi connectivity index (χ3n) is 3.29. The number of aromatic nitrogens is 1. The Labute approximate surface area is 120 Å². The highest BCUT2D eigenvalue weighted by Crippen LogP contribution is 2.37. The van der Waals surface area contributed by atoms with E-state index in [2.05, 4.69) is 20.5 Å². The lowest BCUT2D eigenvalue weighted by molar-refractivity contribution is 0.0764. The summed E-state index contributed by atoms with van der Waals surface area (Å²) in [6.07, 6.45) is 5.93. The fraction of sp³-hybridized carbons (Fsp3) is 0.357. The van der Waals surface area contributed by atoms with Crippen LogP contribution in [-0.4, -0.2) is 22.4 Å². The minimum absolute atomic E-state index is 0.0222. The van der Waals surface area contributed by atoms with Crippen LogP contribution in [0, 0.1) is 0 Å². The first kappa shape index (κ1) is 12.5. The smallest absolute Gasteiger partial charge is 0.270 e. The van der Waals surface area contributed by atoms with Crippen molar-refractivity contribution in [1.82, 2.24) is 9.47 Å². The third kappa shape index (κ3) is 2.61. The first-order valence-electron chi connectivity index (χ1n) is 6.30. The summed E-state index contributed by atoms with van der Waals surface area (Å²) in [6, 6.07) is 6.08. The van der Waals surface area contributed by atoms with Gasteiger partial charge in [-0.3, -0.25) is 4.79 Å². The largest absolute Gasteiger partial charge is 0.467 e. The Morgan fingerprint density at radius 1 is 1.58 bits per heavy atom. The molecule has 0 aliphatic heterocycles. The molecule has 3 rings (SSSR count). The van der Waals surface area contributed by atoms with E-state index >= 15 is 0 Å². The van der Waals surface area contributed by atoms with Crippen LogP contribution in [0.15, 0.2) is 39.5 Å². The van der Waals surface area contributed by atoms with Crippen LogP contribution < -0.4 is 0 Å². The zero-order chi connectivity index (χ0) is 13.4. The zero-order valence-corrected chi connectivity index (χ0v) is 12.3. The summed E-state index contributed by atoms with van der Waals surface area (Å²) in [5.74, 6) is 0.813. The molecular weight excluding hydrogens is 308 g/mol. The van der Waals surface area contributed by atoms with Gasteiger partial charge in [-0.05, 0) is 47.0 Å². The van der Waals surface area contributed by atoms with E-state index in [0.717, 1.165) is 28.8 Å². The SMILES string of the molecule is CN(Cc1ccco1)C(=O)c1cc(Br)cn1C1CC1. The summed E-state index contributed by atoms with van der Waals surface area (Å²) < 4.78 is 8.30. The van der Waals surface area contributed by atoms with Crippen LogP contribution in [-0.2, 0) is 6.54 Å². The number of furan rings is 1. The Kier molecular flexibility index (Phi) is 3.22. The maximum atomic E-state index is 12.5. The summed E-state index contributed by atoms with van der Waals surface area (Å²) in [6.45, 7) is 0.485. The fourth-order valence-electron chi connectivity index (χ4n) is 2.18. The predicted molar refractivity (Wildman–Crippen MR) is 74.9 cm³/mol. The van der Waals surface area contributed by atoms with Crippen LogP contribution in [0.2, 0.25) is 0 Å². The van der Waals surface area contributed by atoms with E-state index in [-0.39, 0.29) is 5.91 Å². The van der Waals surface area contributed by atoms with Gasteiger partial charge < -0.3 is 13.9 Å². The van der Waals surface area contributed by atoms with E-state index in [1.807, 2.05) is 24.4 Å². The van der Waals surface area contributed by atoms with Crippen molar-refractivity contribution in [2.24, 2.45) is 0 Å². The monoisotopic (exact) mass is 322 g/mol. The van der Waals surface area contributed by atoms with Crippen LogP contribution in [0.25, 0.3) is 0 Å². The quantitative estimate of drug-likeness (QED) is 0.864. The molecule has 0 radical (unpaired) electrons. The molecule has 0 unspecified atom stereocenters. The molecule has 0 aromatic carbocycles. The van der Waals surface area contributed by atoms with Crippen molar-refractivity contribution in [1.29, 1.82) is 0 Å².